The van der Waals surface area contributed by atoms with Gasteiger partial charge < -0.3 is 9.84 Å². The largest absolute Gasteiger partial charge is 0.487 e. The molecule has 0 saturated carbocycles. The van der Waals surface area contributed by atoms with Gasteiger partial charge in [0.15, 0.2) is 0 Å². The minimum Gasteiger partial charge on any atom is -0.487 e. The lowest BCUT2D eigenvalue weighted by Gasteiger charge is -2.24. The van der Waals surface area contributed by atoms with Crippen molar-refractivity contribution in [1.82, 2.24) is 0 Å². The summed E-state index contributed by atoms with van der Waals surface area (Å²) < 4.78 is 6.02. The highest BCUT2D eigenvalue weighted by molar-refractivity contribution is 5.42. The molecule has 0 saturated heterocycles. The predicted octanol–water partition coefficient (Wildman–Crippen LogP) is 3.93. The van der Waals surface area contributed by atoms with E-state index in [4.69, 9.17) is 4.74 Å². The molecular weight excluding hydrogens is 224 g/mol. The smallest absolute Gasteiger partial charge is 0.124 e. The monoisotopic (exact) mass is 250 g/mol. The lowest BCUT2D eigenvalue weighted by Crippen LogP contribution is -2.31. The van der Waals surface area contributed by atoms with Crippen LogP contribution >= 0.6 is 0 Å². The summed E-state index contributed by atoms with van der Waals surface area (Å²) in [6, 6.07) is 4.22. The summed E-state index contributed by atoms with van der Waals surface area (Å²) in [7, 11) is 0. The third kappa shape index (κ3) is 3.74. The van der Waals surface area contributed by atoms with Crippen LogP contribution in [0.5, 0.6) is 5.75 Å². The second-order valence-electron chi connectivity index (χ2n) is 5.13. The Kier molecular flexibility index (Phi) is 5.67. The summed E-state index contributed by atoms with van der Waals surface area (Å²) >= 11 is 0. The van der Waals surface area contributed by atoms with Crippen molar-refractivity contribution in [2.24, 2.45) is 0 Å². The highest BCUT2D eigenvalue weighted by Crippen LogP contribution is 2.26. The normalized spacial score (nSPS) is 14.3. The van der Waals surface area contributed by atoms with Gasteiger partial charge in [0, 0.05) is 0 Å². The topological polar surface area (TPSA) is 29.5 Å². The standard InChI is InChI=1S/C16H26O2/c1-6-8-14(17)15(7-2)18-16-10-11(3)9-12(4)13(16)5/h9-10,14-15,17H,6-8H2,1-5H3. The molecule has 1 aromatic carbocycles. The van der Waals surface area contributed by atoms with E-state index in [1.807, 2.05) is 0 Å². The fourth-order valence-corrected chi connectivity index (χ4v) is 2.20. The van der Waals surface area contributed by atoms with E-state index < -0.39 is 0 Å². The molecule has 2 heteroatoms. The Morgan fingerprint density at radius 1 is 1.17 bits per heavy atom. The average Bonchev–Trinajstić information content (AvgIpc) is 2.32. The van der Waals surface area contributed by atoms with Crippen LogP contribution in [0.4, 0.5) is 0 Å². The molecule has 0 spiro atoms. The summed E-state index contributed by atoms with van der Waals surface area (Å²) in [4.78, 5) is 0. The van der Waals surface area contributed by atoms with Crippen LogP contribution in [0.3, 0.4) is 0 Å². The van der Waals surface area contributed by atoms with E-state index in [1.54, 1.807) is 0 Å². The molecule has 0 aliphatic rings. The van der Waals surface area contributed by atoms with Crippen LogP contribution in [0.1, 0.15) is 49.8 Å². The second kappa shape index (κ2) is 6.79. The predicted molar refractivity (Wildman–Crippen MR) is 76.3 cm³/mol. The molecular formula is C16H26O2. The Bertz CT molecular complexity index is 385. The van der Waals surface area contributed by atoms with E-state index in [-0.39, 0.29) is 12.2 Å². The van der Waals surface area contributed by atoms with Crippen LogP contribution in [-0.4, -0.2) is 17.3 Å². The molecule has 0 aliphatic carbocycles. The molecule has 0 radical (unpaired) electrons. The van der Waals surface area contributed by atoms with Gasteiger partial charge in [-0.1, -0.05) is 26.3 Å². The fourth-order valence-electron chi connectivity index (χ4n) is 2.20. The van der Waals surface area contributed by atoms with Crippen LogP contribution < -0.4 is 4.74 Å². The van der Waals surface area contributed by atoms with Crippen molar-refractivity contribution in [2.75, 3.05) is 0 Å². The second-order valence-corrected chi connectivity index (χ2v) is 5.13. The average molecular weight is 250 g/mol. The third-order valence-electron chi connectivity index (χ3n) is 3.46. The molecule has 1 N–H and O–H groups in total. The minimum absolute atomic E-state index is 0.107. The summed E-state index contributed by atoms with van der Waals surface area (Å²) in [5.41, 5.74) is 3.61. The highest BCUT2D eigenvalue weighted by Gasteiger charge is 2.19. The van der Waals surface area contributed by atoms with Crippen LogP contribution in [0.25, 0.3) is 0 Å². The Morgan fingerprint density at radius 2 is 1.83 bits per heavy atom. The van der Waals surface area contributed by atoms with Gasteiger partial charge in [0.1, 0.15) is 11.9 Å². The maximum absolute atomic E-state index is 10.1. The van der Waals surface area contributed by atoms with E-state index in [1.165, 1.54) is 16.7 Å². The van der Waals surface area contributed by atoms with Gasteiger partial charge in [0.05, 0.1) is 6.10 Å². The first-order valence-electron chi connectivity index (χ1n) is 6.92. The van der Waals surface area contributed by atoms with Crippen molar-refractivity contribution in [3.05, 3.63) is 28.8 Å². The molecule has 1 aromatic rings. The van der Waals surface area contributed by atoms with Gasteiger partial charge in [0.25, 0.3) is 0 Å². The molecule has 0 fully saturated rings. The first-order chi connectivity index (χ1) is 8.49. The van der Waals surface area contributed by atoms with Crippen molar-refractivity contribution >= 4 is 0 Å². The number of aliphatic hydroxyl groups excluding tert-OH is 1. The minimum atomic E-state index is -0.375. The maximum Gasteiger partial charge on any atom is 0.124 e. The zero-order valence-corrected chi connectivity index (χ0v) is 12.3. The zero-order valence-electron chi connectivity index (χ0n) is 12.3. The summed E-state index contributed by atoms with van der Waals surface area (Å²) in [5.74, 6) is 0.912. The van der Waals surface area contributed by atoms with Crippen molar-refractivity contribution in [1.29, 1.82) is 0 Å². The lowest BCUT2D eigenvalue weighted by molar-refractivity contribution is 0.0280. The van der Waals surface area contributed by atoms with Gasteiger partial charge in [-0.2, -0.15) is 0 Å². The number of hydrogen-bond acceptors (Lipinski definition) is 2. The van der Waals surface area contributed by atoms with Crippen LogP contribution in [0.2, 0.25) is 0 Å². The summed E-state index contributed by atoms with van der Waals surface area (Å²) in [6.45, 7) is 10.4. The number of rotatable bonds is 6. The lowest BCUT2D eigenvalue weighted by atomic mass is 10.0. The zero-order chi connectivity index (χ0) is 13.7. The van der Waals surface area contributed by atoms with Crippen molar-refractivity contribution < 1.29 is 9.84 Å². The Balaban J connectivity index is 2.88. The molecule has 102 valence electrons. The molecule has 0 aliphatic heterocycles. The van der Waals surface area contributed by atoms with Gasteiger partial charge in [-0.05, 0) is 56.4 Å². The van der Waals surface area contributed by atoms with Gasteiger partial charge in [0.2, 0.25) is 0 Å². The summed E-state index contributed by atoms with van der Waals surface area (Å²) in [5, 5.41) is 10.1. The number of ether oxygens (including phenoxy) is 1. The number of aliphatic hydroxyl groups is 1. The van der Waals surface area contributed by atoms with E-state index in [0.29, 0.717) is 0 Å². The van der Waals surface area contributed by atoms with Crippen LogP contribution in [0, 0.1) is 20.8 Å². The molecule has 0 bridgehead atoms. The van der Waals surface area contributed by atoms with Crippen molar-refractivity contribution in [3.63, 3.8) is 0 Å². The van der Waals surface area contributed by atoms with E-state index in [9.17, 15) is 5.11 Å². The molecule has 2 nitrogen and oxygen atoms in total. The van der Waals surface area contributed by atoms with Crippen molar-refractivity contribution in [2.45, 2.75) is 66.1 Å². The van der Waals surface area contributed by atoms with Gasteiger partial charge in [-0.3, -0.25) is 0 Å². The van der Waals surface area contributed by atoms with E-state index in [2.05, 4.69) is 46.8 Å². The fraction of sp³-hybridized carbons (Fsp3) is 0.625. The summed E-state index contributed by atoms with van der Waals surface area (Å²) in [6.07, 6.45) is 2.12. The molecule has 2 unspecified atom stereocenters. The molecule has 0 amide bonds. The molecule has 0 aromatic heterocycles. The Hall–Kier alpha value is -1.02. The van der Waals surface area contributed by atoms with Gasteiger partial charge in [-0.25, -0.2) is 0 Å². The molecule has 1 rings (SSSR count). The van der Waals surface area contributed by atoms with E-state index >= 15 is 0 Å². The van der Waals surface area contributed by atoms with Crippen molar-refractivity contribution in [3.8, 4) is 5.75 Å². The SMILES string of the molecule is CCCC(O)C(CC)Oc1cc(C)cc(C)c1C. The van der Waals surface area contributed by atoms with Gasteiger partial charge >= 0.3 is 0 Å². The molecule has 0 heterocycles. The van der Waals surface area contributed by atoms with Gasteiger partial charge in [-0.15, -0.1) is 0 Å². The maximum atomic E-state index is 10.1. The van der Waals surface area contributed by atoms with E-state index in [0.717, 1.165) is 25.0 Å². The third-order valence-corrected chi connectivity index (χ3v) is 3.46. The Labute approximate surface area is 111 Å². The number of benzene rings is 1. The van der Waals surface area contributed by atoms with Crippen LogP contribution in [-0.2, 0) is 0 Å². The van der Waals surface area contributed by atoms with Crippen LogP contribution in [0.15, 0.2) is 12.1 Å². The number of hydrogen-bond donors (Lipinski definition) is 1. The highest BCUT2D eigenvalue weighted by atomic mass is 16.5. The molecule has 2 atom stereocenters. The molecule has 18 heavy (non-hydrogen) atoms. The first-order valence-corrected chi connectivity index (χ1v) is 6.92. The first kappa shape index (κ1) is 15.0. The number of aryl methyl sites for hydroxylation is 2. The Morgan fingerprint density at radius 3 is 2.39 bits per heavy atom. The quantitative estimate of drug-likeness (QED) is 0.829.